The Labute approximate surface area is 171 Å². The third-order valence-corrected chi connectivity index (χ3v) is 4.62. The Bertz CT molecular complexity index is 883. The molecule has 1 aromatic carbocycles. The van der Waals surface area contributed by atoms with Crippen molar-refractivity contribution >= 4 is 23.3 Å². The van der Waals surface area contributed by atoms with Gasteiger partial charge in [0.05, 0.1) is 19.1 Å². The quantitative estimate of drug-likeness (QED) is 0.516. The monoisotopic (exact) mass is 400 g/mol. The number of carbonyl (C=O) groups is 3. The molecule has 1 N–H and O–H groups in total. The van der Waals surface area contributed by atoms with Gasteiger partial charge in [0.15, 0.2) is 6.61 Å². The lowest BCUT2D eigenvalue weighted by molar-refractivity contribution is -0.141. The fourth-order valence-corrected chi connectivity index (χ4v) is 3.40. The number of Topliss-reactive ketones (excluding diaryl/α,β-unsaturated/α-hetero) is 1. The average molecular weight is 400 g/mol. The Morgan fingerprint density at radius 3 is 2.38 bits per heavy atom. The van der Waals surface area contributed by atoms with Crippen molar-refractivity contribution in [2.75, 3.05) is 25.6 Å². The lowest BCUT2D eigenvalue weighted by Gasteiger charge is -2.17. The van der Waals surface area contributed by atoms with Gasteiger partial charge in [-0.15, -0.1) is 0 Å². The number of anilines is 1. The van der Waals surface area contributed by atoms with Crippen molar-refractivity contribution in [2.24, 2.45) is 0 Å². The third kappa shape index (κ3) is 6.02. The molecule has 2 aromatic rings. The maximum atomic E-state index is 12.6. The Morgan fingerprint density at radius 2 is 1.79 bits per heavy atom. The summed E-state index contributed by atoms with van der Waals surface area (Å²) in [4.78, 5) is 35.7. The number of nitrogens with one attached hydrogen (secondary N) is 1. The van der Waals surface area contributed by atoms with Crippen LogP contribution in [0, 0.1) is 13.8 Å². The highest BCUT2D eigenvalue weighted by Gasteiger charge is 2.20. The van der Waals surface area contributed by atoms with Gasteiger partial charge in [-0.25, -0.2) is 0 Å². The minimum Gasteiger partial charge on any atom is -0.457 e. The molecule has 0 spiro atoms. The van der Waals surface area contributed by atoms with Crippen molar-refractivity contribution in [1.82, 2.24) is 4.57 Å². The van der Waals surface area contributed by atoms with Crippen LogP contribution in [0.2, 0.25) is 0 Å². The van der Waals surface area contributed by atoms with Gasteiger partial charge in [0.1, 0.15) is 0 Å². The average Bonchev–Trinajstić information content (AvgIpc) is 2.95. The fourth-order valence-electron chi connectivity index (χ4n) is 3.40. The van der Waals surface area contributed by atoms with Crippen molar-refractivity contribution in [3.63, 3.8) is 0 Å². The van der Waals surface area contributed by atoms with Gasteiger partial charge in [-0.05, 0) is 44.5 Å². The summed E-state index contributed by atoms with van der Waals surface area (Å²) < 4.78 is 12.4. The molecule has 1 heterocycles. The molecule has 0 aliphatic rings. The molecule has 0 aliphatic carbocycles. The highest BCUT2D eigenvalue weighted by Crippen LogP contribution is 2.21. The Hall–Kier alpha value is -2.93. The molecule has 156 valence electrons. The largest absolute Gasteiger partial charge is 0.457 e. The van der Waals surface area contributed by atoms with Gasteiger partial charge in [-0.1, -0.05) is 12.1 Å². The first-order valence-electron chi connectivity index (χ1n) is 9.45. The van der Waals surface area contributed by atoms with Gasteiger partial charge in [0.2, 0.25) is 11.7 Å². The van der Waals surface area contributed by atoms with Gasteiger partial charge in [-0.3, -0.25) is 14.4 Å². The predicted octanol–water partition coefficient (Wildman–Crippen LogP) is 3.24. The number of nitrogens with zero attached hydrogens (tertiary/aromatic N) is 1. The first-order valence-corrected chi connectivity index (χ1v) is 9.45. The van der Waals surface area contributed by atoms with E-state index in [4.69, 9.17) is 9.47 Å². The number of amides is 1. The minimum atomic E-state index is -0.479. The molecule has 7 nitrogen and oxygen atoms in total. The van der Waals surface area contributed by atoms with E-state index >= 15 is 0 Å². The number of rotatable bonds is 9. The highest BCUT2D eigenvalue weighted by atomic mass is 16.5. The summed E-state index contributed by atoms with van der Waals surface area (Å²) in [5.74, 6) is -0.873. The maximum Gasteiger partial charge on any atom is 0.310 e. The van der Waals surface area contributed by atoms with Crippen LogP contribution in [0.15, 0.2) is 30.3 Å². The van der Waals surface area contributed by atoms with Crippen LogP contribution >= 0.6 is 0 Å². The molecule has 0 aliphatic heterocycles. The summed E-state index contributed by atoms with van der Waals surface area (Å²) in [6.07, 6.45) is 0.0531. The van der Waals surface area contributed by atoms with E-state index in [0.717, 1.165) is 17.0 Å². The van der Waals surface area contributed by atoms with E-state index in [-0.39, 0.29) is 30.8 Å². The molecule has 1 atom stereocenters. The summed E-state index contributed by atoms with van der Waals surface area (Å²) in [6.45, 7) is 7.51. The van der Waals surface area contributed by atoms with E-state index in [0.29, 0.717) is 17.9 Å². The molecule has 0 radical (unpaired) electrons. The van der Waals surface area contributed by atoms with Gasteiger partial charge >= 0.3 is 5.97 Å². The van der Waals surface area contributed by atoms with E-state index in [2.05, 4.69) is 9.88 Å². The Morgan fingerprint density at radius 1 is 1.14 bits per heavy atom. The lowest BCUT2D eigenvalue weighted by Crippen LogP contribution is -2.17. The molecule has 29 heavy (non-hydrogen) atoms. The van der Waals surface area contributed by atoms with Crippen LogP contribution in [0.4, 0.5) is 5.69 Å². The molecular formula is C22H28N2O5. The number of hydrogen-bond acceptors (Lipinski definition) is 5. The number of esters is 1. The first kappa shape index (κ1) is 22.4. The summed E-state index contributed by atoms with van der Waals surface area (Å²) in [5.41, 5.74) is 3.74. The van der Waals surface area contributed by atoms with Crippen molar-refractivity contribution < 1.29 is 23.9 Å². The fraction of sp³-hybridized carbons (Fsp3) is 0.409. The van der Waals surface area contributed by atoms with E-state index in [1.807, 2.05) is 26.8 Å². The second-order valence-corrected chi connectivity index (χ2v) is 7.10. The molecule has 1 amide bonds. The molecule has 0 fully saturated rings. The zero-order valence-corrected chi connectivity index (χ0v) is 17.6. The summed E-state index contributed by atoms with van der Waals surface area (Å²) >= 11 is 0. The van der Waals surface area contributed by atoms with Crippen LogP contribution in [0.3, 0.4) is 0 Å². The lowest BCUT2D eigenvalue weighted by atomic mass is 10.1. The number of aromatic nitrogens is 1. The Balaban J connectivity index is 1.94. The van der Waals surface area contributed by atoms with Crippen molar-refractivity contribution in [3.05, 3.63) is 52.8 Å². The standard InChI is InChI=1S/C22H28N2O5/c1-14-10-20(16(3)24(14)15(2)12-28-5)21(26)13-29-22(27)11-18-6-8-19(9-7-18)23-17(4)25/h6-10,15H,11-13H2,1-5H3,(H,23,25)/t15-/m0/s1. The zero-order valence-electron chi connectivity index (χ0n) is 17.6. The van der Waals surface area contributed by atoms with Crippen molar-refractivity contribution in [3.8, 4) is 0 Å². The van der Waals surface area contributed by atoms with Crippen LogP contribution in [0.25, 0.3) is 0 Å². The molecule has 0 bridgehead atoms. The van der Waals surface area contributed by atoms with Crippen molar-refractivity contribution in [2.45, 2.75) is 40.2 Å². The van der Waals surface area contributed by atoms with Crippen molar-refractivity contribution in [1.29, 1.82) is 0 Å². The normalized spacial score (nSPS) is 11.8. The maximum absolute atomic E-state index is 12.6. The molecule has 0 saturated carbocycles. The van der Waals surface area contributed by atoms with Gasteiger partial charge < -0.3 is 19.4 Å². The van der Waals surface area contributed by atoms with Crippen LogP contribution in [-0.4, -0.2) is 42.6 Å². The summed E-state index contributed by atoms with van der Waals surface area (Å²) in [5, 5.41) is 2.66. The molecule has 1 aromatic heterocycles. The first-order chi connectivity index (χ1) is 13.7. The van der Waals surface area contributed by atoms with E-state index in [9.17, 15) is 14.4 Å². The van der Waals surface area contributed by atoms with Crippen LogP contribution in [0.1, 0.15) is 47.2 Å². The molecular weight excluding hydrogens is 372 g/mol. The molecule has 0 saturated heterocycles. The highest BCUT2D eigenvalue weighted by molar-refractivity contribution is 5.99. The Kier molecular flexibility index (Phi) is 7.73. The zero-order chi connectivity index (χ0) is 21.6. The number of ether oxygens (including phenoxy) is 2. The van der Waals surface area contributed by atoms with Gasteiger partial charge in [-0.2, -0.15) is 0 Å². The molecule has 2 rings (SSSR count). The SMILES string of the molecule is COC[C@H](C)n1c(C)cc(C(=O)COC(=O)Cc2ccc(NC(C)=O)cc2)c1C. The second kappa shape index (κ2) is 10.0. The van der Waals surface area contributed by atoms with Crippen LogP contribution in [-0.2, 0) is 25.5 Å². The molecule has 0 unspecified atom stereocenters. The number of ketones is 1. The van der Waals surface area contributed by atoms with Gasteiger partial charge in [0, 0.05) is 36.7 Å². The van der Waals surface area contributed by atoms with E-state index < -0.39 is 5.97 Å². The minimum absolute atomic E-state index is 0.0531. The topological polar surface area (TPSA) is 86.6 Å². The number of benzene rings is 1. The smallest absolute Gasteiger partial charge is 0.310 e. The number of hydrogen-bond donors (Lipinski definition) is 1. The number of methoxy groups -OCH3 is 1. The summed E-state index contributed by atoms with van der Waals surface area (Å²) in [6, 6.07) is 8.82. The number of aryl methyl sites for hydroxylation is 1. The van der Waals surface area contributed by atoms with Crippen LogP contribution in [0.5, 0.6) is 0 Å². The third-order valence-electron chi connectivity index (χ3n) is 4.62. The number of carbonyl (C=O) groups excluding carboxylic acids is 3. The molecule has 7 heteroatoms. The van der Waals surface area contributed by atoms with Crippen LogP contribution < -0.4 is 5.32 Å². The van der Waals surface area contributed by atoms with E-state index in [1.165, 1.54) is 6.92 Å². The predicted molar refractivity (Wildman–Crippen MR) is 110 cm³/mol. The summed E-state index contributed by atoms with van der Waals surface area (Å²) in [7, 11) is 1.64. The van der Waals surface area contributed by atoms with E-state index in [1.54, 1.807) is 31.4 Å². The van der Waals surface area contributed by atoms with Gasteiger partial charge in [0.25, 0.3) is 0 Å². The second-order valence-electron chi connectivity index (χ2n) is 7.10.